The molecule has 1 heteroatoms. The Bertz CT molecular complexity index is 326. The molecule has 0 saturated carbocycles. The van der Waals surface area contributed by atoms with Crippen LogP contribution in [0.25, 0.3) is 0 Å². The Morgan fingerprint density at radius 3 is 2.83 bits per heavy atom. The van der Waals surface area contributed by atoms with E-state index in [1.54, 1.807) is 0 Å². The molecule has 0 atom stereocenters. The van der Waals surface area contributed by atoms with Gasteiger partial charge in [-0.2, -0.15) is 0 Å². The van der Waals surface area contributed by atoms with Gasteiger partial charge in [0, 0.05) is 4.86 Å². The molecule has 62 valence electrons. The SMILES string of the molecule is Cc1cccc2c1CCCC2=S. The third kappa shape index (κ3) is 1.18. The minimum Gasteiger partial charge on any atom is -0.0843 e. The Kier molecular flexibility index (Phi) is 1.97. The van der Waals surface area contributed by atoms with Gasteiger partial charge in [0.25, 0.3) is 0 Å². The summed E-state index contributed by atoms with van der Waals surface area (Å²) in [5.41, 5.74) is 4.21. The number of fused-ring (bicyclic) bond motifs is 1. The van der Waals surface area contributed by atoms with Gasteiger partial charge < -0.3 is 0 Å². The molecule has 0 N–H and O–H groups in total. The maximum Gasteiger partial charge on any atom is 0.0227 e. The molecule has 0 bridgehead atoms. The molecule has 0 radical (unpaired) electrons. The Labute approximate surface area is 78.6 Å². The highest BCUT2D eigenvalue weighted by Crippen LogP contribution is 2.24. The molecule has 2 rings (SSSR count). The van der Waals surface area contributed by atoms with E-state index < -0.39 is 0 Å². The highest BCUT2D eigenvalue weighted by atomic mass is 32.1. The first-order chi connectivity index (χ1) is 5.79. The first-order valence-electron chi connectivity index (χ1n) is 4.41. The molecule has 0 heterocycles. The third-order valence-electron chi connectivity index (χ3n) is 2.54. The molecule has 0 spiro atoms. The second-order valence-electron chi connectivity index (χ2n) is 3.38. The van der Waals surface area contributed by atoms with E-state index in [4.69, 9.17) is 12.2 Å². The van der Waals surface area contributed by atoms with Gasteiger partial charge >= 0.3 is 0 Å². The topological polar surface area (TPSA) is 0 Å². The van der Waals surface area contributed by atoms with Gasteiger partial charge in [-0.25, -0.2) is 0 Å². The molecular formula is C11H12S. The van der Waals surface area contributed by atoms with Crippen molar-refractivity contribution < 1.29 is 0 Å². The van der Waals surface area contributed by atoms with Crippen molar-refractivity contribution in [3.8, 4) is 0 Å². The number of benzene rings is 1. The van der Waals surface area contributed by atoms with Crippen molar-refractivity contribution in [2.75, 3.05) is 0 Å². The Balaban J connectivity index is 2.59. The van der Waals surface area contributed by atoms with Gasteiger partial charge in [-0.1, -0.05) is 30.4 Å². The van der Waals surface area contributed by atoms with Gasteiger partial charge in [0.15, 0.2) is 0 Å². The van der Waals surface area contributed by atoms with Crippen LogP contribution in [0.5, 0.6) is 0 Å². The summed E-state index contributed by atoms with van der Waals surface area (Å²) in [5.74, 6) is 0. The van der Waals surface area contributed by atoms with Gasteiger partial charge in [0.05, 0.1) is 0 Å². The van der Waals surface area contributed by atoms with E-state index in [0.29, 0.717) is 0 Å². The van der Waals surface area contributed by atoms with Crippen molar-refractivity contribution in [3.05, 3.63) is 34.9 Å². The highest BCUT2D eigenvalue weighted by molar-refractivity contribution is 7.80. The molecule has 0 fully saturated rings. The fourth-order valence-corrected chi connectivity index (χ4v) is 2.19. The number of hydrogen-bond acceptors (Lipinski definition) is 1. The van der Waals surface area contributed by atoms with Crippen LogP contribution in [-0.2, 0) is 6.42 Å². The number of rotatable bonds is 0. The average Bonchev–Trinajstić information content (AvgIpc) is 2.07. The summed E-state index contributed by atoms with van der Waals surface area (Å²) in [6, 6.07) is 6.43. The van der Waals surface area contributed by atoms with E-state index >= 15 is 0 Å². The monoisotopic (exact) mass is 176 g/mol. The Hall–Kier alpha value is -0.690. The summed E-state index contributed by atoms with van der Waals surface area (Å²) >= 11 is 5.32. The summed E-state index contributed by atoms with van der Waals surface area (Å²) in [7, 11) is 0. The van der Waals surface area contributed by atoms with E-state index in [9.17, 15) is 0 Å². The van der Waals surface area contributed by atoms with Crippen LogP contribution >= 0.6 is 12.2 Å². The van der Waals surface area contributed by atoms with Crippen molar-refractivity contribution in [3.63, 3.8) is 0 Å². The van der Waals surface area contributed by atoms with Crippen LogP contribution in [-0.4, -0.2) is 4.86 Å². The predicted octanol–water partition coefficient (Wildman–Crippen LogP) is 3.05. The van der Waals surface area contributed by atoms with E-state index in [-0.39, 0.29) is 0 Å². The van der Waals surface area contributed by atoms with Crippen LogP contribution < -0.4 is 0 Å². The van der Waals surface area contributed by atoms with Crippen LogP contribution in [0.1, 0.15) is 29.5 Å². The third-order valence-corrected chi connectivity index (χ3v) is 2.97. The maximum atomic E-state index is 5.32. The van der Waals surface area contributed by atoms with Gasteiger partial charge in [-0.15, -0.1) is 0 Å². The van der Waals surface area contributed by atoms with E-state index in [1.807, 2.05) is 0 Å². The van der Waals surface area contributed by atoms with Gasteiger partial charge in [-0.05, 0) is 42.9 Å². The Morgan fingerprint density at radius 1 is 1.25 bits per heavy atom. The van der Waals surface area contributed by atoms with Crippen LogP contribution in [0.4, 0.5) is 0 Å². The maximum absolute atomic E-state index is 5.32. The first-order valence-corrected chi connectivity index (χ1v) is 4.81. The molecule has 1 aliphatic rings. The van der Waals surface area contributed by atoms with Crippen LogP contribution in [0.15, 0.2) is 18.2 Å². The quantitative estimate of drug-likeness (QED) is 0.547. The van der Waals surface area contributed by atoms with Gasteiger partial charge in [0.1, 0.15) is 0 Å². The minimum atomic E-state index is 1.10. The number of hydrogen-bond donors (Lipinski definition) is 0. The highest BCUT2D eigenvalue weighted by Gasteiger charge is 2.14. The molecule has 0 aromatic heterocycles. The molecular weight excluding hydrogens is 164 g/mol. The minimum absolute atomic E-state index is 1.10. The lowest BCUT2D eigenvalue weighted by Gasteiger charge is -2.18. The smallest absolute Gasteiger partial charge is 0.0227 e. The molecule has 0 saturated heterocycles. The molecule has 1 aromatic rings. The fourth-order valence-electron chi connectivity index (χ4n) is 1.86. The summed E-state index contributed by atoms with van der Waals surface area (Å²) in [6.07, 6.45) is 3.55. The first kappa shape index (κ1) is 7.93. The normalized spacial score (nSPS) is 15.9. The lowest BCUT2D eigenvalue weighted by Crippen LogP contribution is -2.10. The van der Waals surface area contributed by atoms with Crippen LogP contribution in [0.2, 0.25) is 0 Å². The summed E-state index contributed by atoms with van der Waals surface area (Å²) in [6.45, 7) is 2.17. The Morgan fingerprint density at radius 2 is 2.08 bits per heavy atom. The molecule has 0 unspecified atom stereocenters. The standard InChI is InChI=1S/C11H12S/c1-8-4-2-6-10-9(8)5-3-7-11(10)12/h2,4,6H,3,5,7H2,1H3. The van der Waals surface area contributed by atoms with Gasteiger partial charge in [-0.3, -0.25) is 0 Å². The molecule has 0 nitrogen and oxygen atoms in total. The number of thiocarbonyl (C=S) groups is 1. The van der Waals surface area contributed by atoms with Crippen molar-refractivity contribution >= 4 is 17.1 Å². The lowest BCUT2D eigenvalue weighted by molar-refractivity contribution is 0.840. The van der Waals surface area contributed by atoms with E-state index in [0.717, 1.165) is 11.3 Å². The predicted molar refractivity (Wildman–Crippen MR) is 55.8 cm³/mol. The summed E-state index contributed by atoms with van der Waals surface area (Å²) in [4.78, 5) is 1.15. The molecule has 1 aliphatic carbocycles. The van der Waals surface area contributed by atoms with Crippen LogP contribution in [0, 0.1) is 6.92 Å². The molecule has 0 aliphatic heterocycles. The zero-order chi connectivity index (χ0) is 8.55. The number of aryl methyl sites for hydroxylation is 1. The van der Waals surface area contributed by atoms with Crippen molar-refractivity contribution in [1.29, 1.82) is 0 Å². The van der Waals surface area contributed by atoms with E-state index in [1.165, 1.54) is 29.5 Å². The second-order valence-corrected chi connectivity index (χ2v) is 3.87. The molecule has 12 heavy (non-hydrogen) atoms. The fraction of sp³-hybridized carbons (Fsp3) is 0.364. The second kappa shape index (κ2) is 2.98. The van der Waals surface area contributed by atoms with Crippen molar-refractivity contribution in [2.45, 2.75) is 26.2 Å². The average molecular weight is 176 g/mol. The molecule has 0 amide bonds. The lowest BCUT2D eigenvalue weighted by atomic mass is 9.89. The van der Waals surface area contributed by atoms with E-state index in [2.05, 4.69) is 25.1 Å². The summed E-state index contributed by atoms with van der Waals surface area (Å²) in [5, 5.41) is 0. The van der Waals surface area contributed by atoms with Crippen molar-refractivity contribution in [2.24, 2.45) is 0 Å². The zero-order valence-corrected chi connectivity index (χ0v) is 8.08. The largest absolute Gasteiger partial charge is 0.0843 e. The summed E-state index contributed by atoms with van der Waals surface area (Å²) < 4.78 is 0. The van der Waals surface area contributed by atoms with Crippen molar-refractivity contribution in [1.82, 2.24) is 0 Å². The zero-order valence-electron chi connectivity index (χ0n) is 7.26. The molecule has 1 aromatic carbocycles. The van der Waals surface area contributed by atoms with Crippen LogP contribution in [0.3, 0.4) is 0 Å². The van der Waals surface area contributed by atoms with Gasteiger partial charge in [0.2, 0.25) is 0 Å².